The number of carbonyl (C=O) groups excluding carboxylic acids is 1. The van der Waals surface area contributed by atoms with Gasteiger partial charge in [-0.3, -0.25) is 4.84 Å². The fraction of sp³-hybridized carbons (Fsp3) is 0.818. The lowest BCUT2D eigenvalue weighted by molar-refractivity contribution is 0.153. The van der Waals surface area contributed by atoms with E-state index in [1.165, 1.54) is 7.05 Å². The van der Waals surface area contributed by atoms with E-state index in [1.54, 1.807) is 11.8 Å². The van der Waals surface area contributed by atoms with Gasteiger partial charge in [0.1, 0.15) is 5.04 Å². The van der Waals surface area contributed by atoms with Crippen LogP contribution in [-0.2, 0) is 4.84 Å². The monoisotopic (exact) mass is 246 g/mol. The Balaban J connectivity index is 4.23. The van der Waals surface area contributed by atoms with E-state index >= 15 is 0 Å². The number of nitrogens with zero attached hydrogens (tertiary/aromatic N) is 1. The van der Waals surface area contributed by atoms with Gasteiger partial charge in [-0.15, -0.1) is 11.8 Å². The Kier molecular flexibility index (Phi) is 8.07. The number of amides is 1. The van der Waals surface area contributed by atoms with Crippen LogP contribution < -0.4 is 5.32 Å². The SMILES string of the molecule is CNC(=O)ON=C(CC(C)C)SCC(C)C. The summed E-state index contributed by atoms with van der Waals surface area (Å²) in [5.41, 5.74) is 0. The van der Waals surface area contributed by atoms with Crippen molar-refractivity contribution in [3.8, 4) is 0 Å². The molecule has 16 heavy (non-hydrogen) atoms. The Hall–Kier alpha value is -0.710. The summed E-state index contributed by atoms with van der Waals surface area (Å²) in [6, 6.07) is 0. The Bertz CT molecular complexity index is 240. The quantitative estimate of drug-likeness (QED) is 0.351. The second-order valence-corrected chi connectivity index (χ2v) is 5.51. The third-order valence-electron chi connectivity index (χ3n) is 1.60. The highest BCUT2D eigenvalue weighted by Gasteiger charge is 2.07. The summed E-state index contributed by atoms with van der Waals surface area (Å²) in [4.78, 5) is 15.6. The molecule has 0 aliphatic rings. The minimum Gasteiger partial charge on any atom is -0.323 e. The van der Waals surface area contributed by atoms with Gasteiger partial charge in [0.05, 0.1) is 0 Å². The van der Waals surface area contributed by atoms with Gasteiger partial charge in [-0.2, -0.15) is 0 Å². The van der Waals surface area contributed by atoms with Crippen molar-refractivity contribution in [3.63, 3.8) is 0 Å². The zero-order valence-corrected chi connectivity index (χ0v) is 11.6. The van der Waals surface area contributed by atoms with Crippen LogP contribution in [0.1, 0.15) is 34.1 Å². The molecule has 5 heteroatoms. The minimum atomic E-state index is -0.522. The maximum absolute atomic E-state index is 10.9. The summed E-state index contributed by atoms with van der Waals surface area (Å²) in [5.74, 6) is 2.09. The number of oxime groups is 1. The van der Waals surface area contributed by atoms with Gasteiger partial charge in [0, 0.05) is 19.2 Å². The number of hydrogen-bond acceptors (Lipinski definition) is 4. The average molecular weight is 246 g/mol. The van der Waals surface area contributed by atoms with Gasteiger partial charge in [-0.05, 0) is 11.8 Å². The van der Waals surface area contributed by atoms with Gasteiger partial charge >= 0.3 is 6.09 Å². The van der Waals surface area contributed by atoms with Crippen LogP contribution in [0.15, 0.2) is 5.16 Å². The topological polar surface area (TPSA) is 50.7 Å². The van der Waals surface area contributed by atoms with Crippen LogP contribution >= 0.6 is 11.8 Å². The summed E-state index contributed by atoms with van der Waals surface area (Å²) < 4.78 is 0. The van der Waals surface area contributed by atoms with E-state index in [-0.39, 0.29) is 0 Å². The molecule has 0 aliphatic carbocycles. The summed E-state index contributed by atoms with van der Waals surface area (Å²) in [7, 11) is 1.52. The molecule has 0 aromatic heterocycles. The molecule has 94 valence electrons. The fourth-order valence-electron chi connectivity index (χ4n) is 0.873. The molecule has 0 spiro atoms. The smallest absolute Gasteiger partial charge is 0.323 e. The lowest BCUT2D eigenvalue weighted by Gasteiger charge is -2.09. The highest BCUT2D eigenvalue weighted by Crippen LogP contribution is 2.16. The molecular formula is C11H22N2O2S. The summed E-state index contributed by atoms with van der Waals surface area (Å²) in [6.45, 7) is 8.54. The zero-order chi connectivity index (χ0) is 12.6. The molecule has 0 fully saturated rings. The molecular weight excluding hydrogens is 224 g/mol. The number of thioether (sulfide) groups is 1. The molecule has 1 amide bonds. The predicted octanol–water partition coefficient (Wildman–Crippen LogP) is 3.09. The van der Waals surface area contributed by atoms with Gasteiger partial charge in [0.2, 0.25) is 0 Å². The molecule has 0 saturated carbocycles. The van der Waals surface area contributed by atoms with Crippen molar-refractivity contribution in [1.29, 1.82) is 0 Å². The molecule has 0 radical (unpaired) electrons. The van der Waals surface area contributed by atoms with Crippen molar-refractivity contribution >= 4 is 22.9 Å². The van der Waals surface area contributed by atoms with E-state index in [1.807, 2.05) is 0 Å². The fourth-order valence-corrected chi connectivity index (χ4v) is 1.94. The molecule has 4 nitrogen and oxygen atoms in total. The Morgan fingerprint density at radius 3 is 2.38 bits per heavy atom. The molecule has 0 atom stereocenters. The van der Waals surface area contributed by atoms with Crippen LogP contribution in [0.2, 0.25) is 0 Å². The van der Waals surface area contributed by atoms with Crippen LogP contribution in [0.3, 0.4) is 0 Å². The largest absolute Gasteiger partial charge is 0.433 e. The van der Waals surface area contributed by atoms with Gasteiger partial charge in [-0.1, -0.05) is 32.9 Å². The van der Waals surface area contributed by atoms with Crippen LogP contribution in [0.4, 0.5) is 4.79 Å². The third kappa shape index (κ3) is 8.59. The normalized spacial score (nSPS) is 12.1. The molecule has 0 saturated heterocycles. The van der Waals surface area contributed by atoms with Crippen molar-refractivity contribution in [3.05, 3.63) is 0 Å². The van der Waals surface area contributed by atoms with E-state index in [4.69, 9.17) is 4.84 Å². The van der Waals surface area contributed by atoms with Crippen LogP contribution in [0.5, 0.6) is 0 Å². The molecule has 0 heterocycles. The highest BCUT2D eigenvalue weighted by molar-refractivity contribution is 8.13. The van der Waals surface area contributed by atoms with E-state index in [0.29, 0.717) is 11.8 Å². The summed E-state index contributed by atoms with van der Waals surface area (Å²) in [6.07, 6.45) is 0.320. The third-order valence-corrected chi connectivity index (χ3v) is 3.01. The zero-order valence-electron chi connectivity index (χ0n) is 10.7. The predicted molar refractivity (Wildman–Crippen MR) is 69.7 cm³/mol. The van der Waals surface area contributed by atoms with E-state index in [0.717, 1.165) is 17.2 Å². The van der Waals surface area contributed by atoms with Crippen LogP contribution in [-0.4, -0.2) is 23.9 Å². The van der Waals surface area contributed by atoms with Gasteiger partial charge in [-0.25, -0.2) is 4.79 Å². The highest BCUT2D eigenvalue weighted by atomic mass is 32.2. The Morgan fingerprint density at radius 1 is 1.31 bits per heavy atom. The standard InChI is InChI=1S/C11H22N2O2S/c1-8(2)6-10(16-7-9(3)4)13-15-11(14)12-5/h8-9H,6-7H2,1-5H3,(H,12,14). The van der Waals surface area contributed by atoms with E-state index < -0.39 is 6.09 Å². The molecule has 0 rings (SSSR count). The molecule has 0 bridgehead atoms. The van der Waals surface area contributed by atoms with Crippen molar-refractivity contribution in [2.24, 2.45) is 17.0 Å². The molecule has 0 aromatic rings. The van der Waals surface area contributed by atoms with Crippen molar-refractivity contribution in [1.82, 2.24) is 5.32 Å². The summed E-state index contributed by atoms with van der Waals surface area (Å²) >= 11 is 1.66. The second kappa shape index (κ2) is 8.44. The maximum atomic E-state index is 10.9. The van der Waals surface area contributed by atoms with Gasteiger partial charge in [0.15, 0.2) is 0 Å². The van der Waals surface area contributed by atoms with Crippen molar-refractivity contribution < 1.29 is 9.63 Å². The number of rotatable bonds is 5. The first kappa shape index (κ1) is 15.3. The Labute approximate surface area is 102 Å². The maximum Gasteiger partial charge on any atom is 0.433 e. The van der Waals surface area contributed by atoms with E-state index in [9.17, 15) is 4.79 Å². The van der Waals surface area contributed by atoms with Crippen molar-refractivity contribution in [2.75, 3.05) is 12.8 Å². The molecule has 0 aliphatic heterocycles. The molecule has 1 N–H and O–H groups in total. The Morgan fingerprint density at radius 2 is 1.94 bits per heavy atom. The van der Waals surface area contributed by atoms with E-state index in [2.05, 4.69) is 38.2 Å². The lowest BCUT2D eigenvalue weighted by Crippen LogP contribution is -2.17. The minimum absolute atomic E-state index is 0.506. The van der Waals surface area contributed by atoms with Gasteiger partial charge in [0.25, 0.3) is 0 Å². The summed E-state index contributed by atoms with van der Waals surface area (Å²) in [5, 5.41) is 7.12. The first-order valence-electron chi connectivity index (χ1n) is 5.54. The molecule has 0 unspecified atom stereocenters. The van der Waals surface area contributed by atoms with Crippen molar-refractivity contribution in [2.45, 2.75) is 34.1 Å². The first-order chi connectivity index (χ1) is 7.45. The number of nitrogens with one attached hydrogen (secondary N) is 1. The second-order valence-electron chi connectivity index (χ2n) is 4.42. The lowest BCUT2D eigenvalue weighted by atomic mass is 10.1. The average Bonchev–Trinajstić information content (AvgIpc) is 2.20. The van der Waals surface area contributed by atoms with Crippen LogP contribution in [0.25, 0.3) is 0 Å². The van der Waals surface area contributed by atoms with Crippen LogP contribution in [0, 0.1) is 11.8 Å². The molecule has 0 aromatic carbocycles. The van der Waals surface area contributed by atoms with Gasteiger partial charge < -0.3 is 5.32 Å². The number of hydrogen-bond donors (Lipinski definition) is 1. The first-order valence-corrected chi connectivity index (χ1v) is 6.52. The number of carbonyl (C=O) groups is 1.